The van der Waals surface area contributed by atoms with Crippen LogP contribution >= 0.6 is 11.3 Å². The summed E-state index contributed by atoms with van der Waals surface area (Å²) in [4.78, 5) is 15.8. The molecule has 146 valence electrons. The third kappa shape index (κ3) is 4.58. The Labute approximate surface area is 166 Å². The number of hydrogen-bond acceptors (Lipinski definition) is 7. The number of rotatable bonds is 8. The molecule has 0 bridgehead atoms. The maximum atomic E-state index is 11.4. The van der Waals surface area contributed by atoms with Crippen LogP contribution in [0.5, 0.6) is 11.5 Å². The van der Waals surface area contributed by atoms with E-state index in [2.05, 4.69) is 10.1 Å². The number of nitrogens with zero attached hydrogens (tertiary/aromatic N) is 2. The molecule has 0 aliphatic rings. The Morgan fingerprint density at radius 1 is 1.36 bits per heavy atom. The van der Waals surface area contributed by atoms with Crippen LogP contribution in [0, 0.1) is 0 Å². The van der Waals surface area contributed by atoms with E-state index in [0.29, 0.717) is 28.5 Å². The van der Waals surface area contributed by atoms with Crippen LogP contribution in [-0.2, 0) is 4.79 Å². The molecule has 0 unspecified atom stereocenters. The lowest BCUT2D eigenvalue weighted by Gasteiger charge is -2.16. The van der Waals surface area contributed by atoms with Gasteiger partial charge in [-0.25, -0.2) is 0 Å². The number of carboxylic acids is 1. The second-order valence-corrected chi connectivity index (χ2v) is 7.00. The Balaban J connectivity index is 2.05. The number of aromatic nitrogens is 2. The van der Waals surface area contributed by atoms with Crippen LogP contribution in [-0.4, -0.2) is 34.4 Å². The molecule has 0 spiro atoms. The Morgan fingerprint density at radius 3 is 2.82 bits per heavy atom. The van der Waals surface area contributed by atoms with Crippen molar-refractivity contribution in [2.24, 2.45) is 0 Å². The number of methoxy groups -OCH3 is 1. The number of carboxylic acid groups (broad SMARTS) is 1. The van der Waals surface area contributed by atoms with Gasteiger partial charge in [0, 0.05) is 22.1 Å². The van der Waals surface area contributed by atoms with E-state index in [-0.39, 0.29) is 18.4 Å². The highest BCUT2D eigenvalue weighted by Gasteiger charge is 2.18. The molecule has 0 amide bonds. The van der Waals surface area contributed by atoms with Crippen molar-refractivity contribution >= 4 is 29.0 Å². The highest BCUT2D eigenvalue weighted by atomic mass is 32.1. The van der Waals surface area contributed by atoms with Crippen LogP contribution < -0.4 is 9.47 Å². The second-order valence-electron chi connectivity index (χ2n) is 6.22. The molecule has 1 aromatic carbocycles. The quantitative estimate of drug-likeness (QED) is 0.590. The van der Waals surface area contributed by atoms with Gasteiger partial charge in [0.2, 0.25) is 5.82 Å². The first-order valence-corrected chi connectivity index (χ1v) is 9.55. The van der Waals surface area contributed by atoms with Crippen LogP contribution in [0.25, 0.3) is 23.0 Å². The fourth-order valence-corrected chi connectivity index (χ4v) is 3.21. The fourth-order valence-electron chi connectivity index (χ4n) is 2.57. The lowest BCUT2D eigenvalue weighted by molar-refractivity contribution is -0.135. The van der Waals surface area contributed by atoms with Crippen molar-refractivity contribution in [3.63, 3.8) is 0 Å². The molecule has 2 aromatic heterocycles. The number of carbonyl (C=O) groups is 1. The zero-order chi connectivity index (χ0) is 20.1. The standard InChI is InChI=1S/C20H20N2O5S/c1-12(2)26-18-13(5-4-6-16(18)25-3)9-15(10-17(23)24)20-21-19(22-27-20)14-7-8-28-11-14/h4-9,11-12H,10H2,1-3H3,(H,23,24)/b15-9+. The predicted octanol–water partition coefficient (Wildman–Crippen LogP) is 4.61. The van der Waals surface area contributed by atoms with Crippen molar-refractivity contribution in [3.05, 3.63) is 46.5 Å². The minimum atomic E-state index is -1.00. The Bertz CT molecular complexity index is 976. The number of para-hydroxylation sites is 1. The minimum Gasteiger partial charge on any atom is -0.493 e. The molecule has 1 N–H and O–H groups in total. The molecule has 0 radical (unpaired) electrons. The zero-order valence-electron chi connectivity index (χ0n) is 15.7. The van der Waals surface area contributed by atoms with Crippen LogP contribution in [0.2, 0.25) is 0 Å². The third-order valence-corrected chi connectivity index (χ3v) is 4.42. The largest absolute Gasteiger partial charge is 0.493 e. The van der Waals surface area contributed by atoms with Crippen LogP contribution in [0.1, 0.15) is 31.7 Å². The molecule has 0 aliphatic carbocycles. The first kappa shape index (κ1) is 19.6. The summed E-state index contributed by atoms with van der Waals surface area (Å²) in [6.45, 7) is 3.81. The molecule has 0 saturated carbocycles. The van der Waals surface area contributed by atoms with Crippen molar-refractivity contribution in [1.29, 1.82) is 0 Å². The van der Waals surface area contributed by atoms with Gasteiger partial charge in [0.05, 0.1) is 19.6 Å². The molecule has 0 fully saturated rings. The molecule has 8 heteroatoms. The van der Waals surface area contributed by atoms with Gasteiger partial charge in [-0.2, -0.15) is 16.3 Å². The van der Waals surface area contributed by atoms with E-state index in [1.165, 1.54) is 11.3 Å². The van der Waals surface area contributed by atoms with E-state index in [4.69, 9.17) is 14.0 Å². The Morgan fingerprint density at radius 2 is 2.18 bits per heavy atom. The van der Waals surface area contributed by atoms with E-state index in [9.17, 15) is 9.90 Å². The SMILES string of the molecule is COc1cccc(/C=C(\CC(=O)O)c2nc(-c3ccsc3)no2)c1OC(C)C. The molecule has 28 heavy (non-hydrogen) atoms. The van der Waals surface area contributed by atoms with E-state index in [0.717, 1.165) is 5.56 Å². The summed E-state index contributed by atoms with van der Waals surface area (Å²) in [7, 11) is 1.55. The first-order valence-electron chi connectivity index (χ1n) is 8.60. The van der Waals surface area contributed by atoms with Gasteiger partial charge in [0.25, 0.3) is 5.89 Å². The first-order chi connectivity index (χ1) is 13.5. The summed E-state index contributed by atoms with van der Waals surface area (Å²) in [6.07, 6.45) is 1.32. The average Bonchev–Trinajstić information content (AvgIpc) is 3.33. The minimum absolute atomic E-state index is 0.0834. The monoisotopic (exact) mass is 400 g/mol. The molecule has 3 aromatic rings. The van der Waals surface area contributed by atoms with Crippen molar-refractivity contribution in [2.75, 3.05) is 7.11 Å². The number of aliphatic carboxylic acids is 1. The van der Waals surface area contributed by atoms with Gasteiger partial charge in [-0.15, -0.1) is 0 Å². The molecular formula is C20H20N2O5S. The Hall–Kier alpha value is -3.13. The molecule has 0 saturated heterocycles. The van der Waals surface area contributed by atoms with E-state index >= 15 is 0 Å². The molecule has 0 aliphatic heterocycles. The van der Waals surface area contributed by atoms with Crippen molar-refractivity contribution < 1.29 is 23.9 Å². The van der Waals surface area contributed by atoms with Gasteiger partial charge in [-0.05, 0) is 37.4 Å². The lowest BCUT2D eigenvalue weighted by atomic mass is 10.1. The highest BCUT2D eigenvalue weighted by Crippen LogP contribution is 2.35. The number of thiophene rings is 1. The van der Waals surface area contributed by atoms with Gasteiger partial charge < -0.3 is 19.1 Å². The number of ether oxygens (including phenoxy) is 2. The van der Waals surface area contributed by atoms with E-state index in [1.54, 1.807) is 25.3 Å². The average molecular weight is 400 g/mol. The predicted molar refractivity (Wildman–Crippen MR) is 106 cm³/mol. The summed E-state index contributed by atoms with van der Waals surface area (Å²) < 4.78 is 16.6. The zero-order valence-corrected chi connectivity index (χ0v) is 16.5. The topological polar surface area (TPSA) is 94.7 Å². The lowest BCUT2D eigenvalue weighted by Crippen LogP contribution is -2.08. The second kappa shape index (κ2) is 8.71. The van der Waals surface area contributed by atoms with Gasteiger partial charge >= 0.3 is 5.97 Å². The normalized spacial score (nSPS) is 11.6. The molecular weight excluding hydrogens is 380 g/mol. The summed E-state index contributed by atoms with van der Waals surface area (Å²) in [6, 6.07) is 7.28. The molecule has 2 heterocycles. The maximum Gasteiger partial charge on any atom is 0.308 e. The summed E-state index contributed by atoms with van der Waals surface area (Å²) in [5.41, 5.74) is 1.86. The van der Waals surface area contributed by atoms with Gasteiger partial charge in [-0.1, -0.05) is 17.3 Å². The van der Waals surface area contributed by atoms with Crippen LogP contribution in [0.4, 0.5) is 0 Å². The van der Waals surface area contributed by atoms with Crippen LogP contribution in [0.3, 0.4) is 0 Å². The van der Waals surface area contributed by atoms with Crippen molar-refractivity contribution in [3.8, 4) is 22.9 Å². The van der Waals surface area contributed by atoms with Gasteiger partial charge in [0.15, 0.2) is 11.5 Å². The van der Waals surface area contributed by atoms with E-state index < -0.39 is 5.97 Å². The van der Waals surface area contributed by atoms with Crippen molar-refractivity contribution in [2.45, 2.75) is 26.4 Å². The maximum absolute atomic E-state index is 11.4. The van der Waals surface area contributed by atoms with Crippen molar-refractivity contribution in [1.82, 2.24) is 10.1 Å². The number of benzene rings is 1. The van der Waals surface area contributed by atoms with Gasteiger partial charge in [0.1, 0.15) is 0 Å². The summed E-state index contributed by atoms with van der Waals surface area (Å²) in [5, 5.41) is 17.1. The summed E-state index contributed by atoms with van der Waals surface area (Å²) >= 11 is 1.52. The summed E-state index contributed by atoms with van der Waals surface area (Å²) in [5.74, 6) is 0.650. The number of hydrogen-bond donors (Lipinski definition) is 1. The van der Waals surface area contributed by atoms with Gasteiger partial charge in [-0.3, -0.25) is 4.79 Å². The molecule has 7 nitrogen and oxygen atoms in total. The molecule has 3 rings (SSSR count). The highest BCUT2D eigenvalue weighted by molar-refractivity contribution is 7.08. The van der Waals surface area contributed by atoms with Crippen LogP contribution in [0.15, 0.2) is 39.5 Å². The Kier molecular flexibility index (Phi) is 6.10. The molecule has 0 atom stereocenters. The van der Waals surface area contributed by atoms with E-state index in [1.807, 2.05) is 36.7 Å². The fraction of sp³-hybridized carbons (Fsp3) is 0.250. The smallest absolute Gasteiger partial charge is 0.308 e. The third-order valence-electron chi connectivity index (χ3n) is 3.73.